The van der Waals surface area contributed by atoms with Crippen LogP contribution in [-0.4, -0.2) is 23.2 Å². The highest BCUT2D eigenvalue weighted by Gasteiger charge is 2.28. The molecule has 148 valence electrons. The van der Waals surface area contributed by atoms with Gasteiger partial charge in [-0.2, -0.15) is 10.1 Å². The van der Waals surface area contributed by atoms with E-state index in [4.69, 9.17) is 29.6 Å². The van der Waals surface area contributed by atoms with Crippen molar-refractivity contribution < 1.29 is 14.4 Å². The number of allylic oxidation sites excluding steroid dienone is 4. The smallest absolute Gasteiger partial charge is 0.255 e. The minimum atomic E-state index is -0.508. The summed E-state index contributed by atoms with van der Waals surface area (Å²) in [5.74, 6) is 1.44. The van der Waals surface area contributed by atoms with E-state index in [0.29, 0.717) is 34.1 Å². The van der Waals surface area contributed by atoms with Gasteiger partial charge >= 0.3 is 0 Å². The Morgan fingerprint density at radius 1 is 1.17 bits per heavy atom. The number of amides is 1. The van der Waals surface area contributed by atoms with Crippen LogP contribution < -0.4 is 5.01 Å². The van der Waals surface area contributed by atoms with Gasteiger partial charge in [-0.15, -0.1) is 6.42 Å². The third-order valence-corrected chi connectivity index (χ3v) is 5.41. The highest BCUT2D eigenvalue weighted by molar-refractivity contribution is 6.50. The minimum Gasteiger partial charge on any atom is -0.294 e. The number of halogens is 2. The molecule has 1 aromatic rings. The number of nitrogens with zero attached hydrogens (tertiary/aromatic N) is 2. The first-order valence-electron chi connectivity index (χ1n) is 9.04. The van der Waals surface area contributed by atoms with Gasteiger partial charge in [-0.1, -0.05) is 49.2 Å². The second-order valence-electron chi connectivity index (χ2n) is 7.12. The summed E-state index contributed by atoms with van der Waals surface area (Å²) in [7, 11) is 0. The topological polar surface area (TPSA) is 66.8 Å². The summed E-state index contributed by atoms with van der Waals surface area (Å²) in [5, 5.41) is 5.69. The van der Waals surface area contributed by atoms with Gasteiger partial charge in [-0.3, -0.25) is 14.4 Å². The van der Waals surface area contributed by atoms with Gasteiger partial charge in [-0.25, -0.2) is 0 Å². The second kappa shape index (κ2) is 8.36. The zero-order chi connectivity index (χ0) is 21.3. The zero-order valence-corrected chi connectivity index (χ0v) is 17.5. The summed E-state index contributed by atoms with van der Waals surface area (Å²) in [6, 6.07) is 3.13. The number of terminal acetylenes is 1. The molecular formula is C22H18Cl2N2O3. The van der Waals surface area contributed by atoms with Gasteiger partial charge in [0.15, 0.2) is 11.5 Å². The molecule has 2 aliphatic rings. The molecule has 1 aliphatic carbocycles. The van der Waals surface area contributed by atoms with Crippen molar-refractivity contribution in [3.05, 3.63) is 51.0 Å². The number of rotatable bonds is 4. The lowest BCUT2D eigenvalue weighted by molar-refractivity contribution is -0.124. The number of Topliss-reactive ketones (excluding diaryl/α,β-unsaturated/α-hetero) is 2. The molecule has 3 rings (SSSR count). The fraction of sp³-hybridized carbons (Fsp3) is 0.273. The fourth-order valence-electron chi connectivity index (χ4n) is 3.20. The SMILES string of the molecule is C#CC1=NN(c2cc(Cl)c(CC3=CCC(=O)C(C(C)C)=C3)c(Cl)c2)C(=O)CC1=O. The van der Waals surface area contributed by atoms with Crippen molar-refractivity contribution >= 4 is 52.1 Å². The molecule has 0 saturated carbocycles. The largest absolute Gasteiger partial charge is 0.294 e. The molecule has 29 heavy (non-hydrogen) atoms. The maximum absolute atomic E-state index is 12.2. The summed E-state index contributed by atoms with van der Waals surface area (Å²) in [4.78, 5) is 36.0. The van der Waals surface area contributed by atoms with Gasteiger partial charge in [0.05, 0.1) is 12.1 Å². The maximum atomic E-state index is 12.2. The van der Waals surface area contributed by atoms with E-state index < -0.39 is 11.7 Å². The molecule has 1 heterocycles. The third-order valence-electron chi connectivity index (χ3n) is 4.73. The Hall–Kier alpha value is -2.68. The fourth-order valence-corrected chi connectivity index (χ4v) is 3.81. The number of ketones is 2. The predicted molar refractivity (Wildman–Crippen MR) is 114 cm³/mol. The van der Waals surface area contributed by atoms with E-state index in [0.717, 1.165) is 16.2 Å². The lowest BCUT2D eigenvalue weighted by atomic mass is 9.88. The first kappa shape index (κ1) is 21.0. The van der Waals surface area contributed by atoms with E-state index in [1.807, 2.05) is 26.0 Å². The predicted octanol–water partition coefficient (Wildman–Crippen LogP) is 4.31. The summed E-state index contributed by atoms with van der Waals surface area (Å²) >= 11 is 12.9. The normalized spacial score (nSPS) is 17.2. The Morgan fingerprint density at radius 2 is 1.83 bits per heavy atom. The Balaban J connectivity index is 1.92. The van der Waals surface area contributed by atoms with Crippen LogP contribution in [0.25, 0.3) is 0 Å². The Morgan fingerprint density at radius 3 is 2.41 bits per heavy atom. The lowest BCUT2D eigenvalue weighted by Gasteiger charge is -2.22. The number of hydrogen-bond acceptors (Lipinski definition) is 4. The van der Waals surface area contributed by atoms with Crippen LogP contribution in [0.5, 0.6) is 0 Å². The molecule has 0 saturated heterocycles. The molecular weight excluding hydrogens is 411 g/mol. The molecule has 0 radical (unpaired) electrons. The Bertz CT molecular complexity index is 1040. The molecule has 1 aromatic carbocycles. The molecule has 0 bridgehead atoms. The van der Waals surface area contributed by atoms with Gasteiger partial charge in [0.25, 0.3) is 5.91 Å². The highest BCUT2D eigenvalue weighted by Crippen LogP contribution is 2.35. The van der Waals surface area contributed by atoms with Crippen LogP contribution in [0.3, 0.4) is 0 Å². The standard InChI is InChI=1S/C22H18Cl2N2O3/c1-4-19-21(28)11-22(29)26(25-19)14-9-17(23)16(18(24)10-14)8-13-5-6-20(27)15(7-13)12(2)3/h1,5,7,9-10,12H,6,8,11H2,2-3H3. The molecule has 0 spiro atoms. The number of carbonyl (C=O) groups is 3. The lowest BCUT2D eigenvalue weighted by Crippen LogP contribution is -2.36. The van der Waals surface area contributed by atoms with Crippen molar-refractivity contribution in [1.82, 2.24) is 0 Å². The second-order valence-corrected chi connectivity index (χ2v) is 7.94. The van der Waals surface area contributed by atoms with Gasteiger partial charge in [0, 0.05) is 22.9 Å². The monoisotopic (exact) mass is 428 g/mol. The number of hydrazone groups is 1. The maximum Gasteiger partial charge on any atom is 0.255 e. The van der Waals surface area contributed by atoms with Crippen molar-refractivity contribution in [2.45, 2.75) is 33.1 Å². The van der Waals surface area contributed by atoms with Gasteiger partial charge in [0.2, 0.25) is 5.78 Å². The van der Waals surface area contributed by atoms with E-state index in [2.05, 4.69) is 11.0 Å². The van der Waals surface area contributed by atoms with Crippen LogP contribution in [0, 0.1) is 18.3 Å². The zero-order valence-electron chi connectivity index (χ0n) is 16.0. The van der Waals surface area contributed by atoms with E-state index >= 15 is 0 Å². The van der Waals surface area contributed by atoms with Crippen molar-refractivity contribution in [3.8, 4) is 12.3 Å². The summed E-state index contributed by atoms with van der Waals surface area (Å²) in [6.07, 6.45) is 9.49. The first-order valence-corrected chi connectivity index (χ1v) is 9.80. The van der Waals surface area contributed by atoms with Crippen LogP contribution in [0.2, 0.25) is 10.0 Å². The van der Waals surface area contributed by atoms with E-state index in [9.17, 15) is 14.4 Å². The van der Waals surface area contributed by atoms with Crippen molar-refractivity contribution in [2.24, 2.45) is 11.0 Å². The summed E-state index contributed by atoms with van der Waals surface area (Å²) < 4.78 is 0. The van der Waals surface area contributed by atoms with Crippen molar-refractivity contribution in [2.75, 3.05) is 5.01 Å². The molecule has 0 N–H and O–H groups in total. The van der Waals surface area contributed by atoms with Gasteiger partial charge < -0.3 is 0 Å². The van der Waals surface area contributed by atoms with Crippen LogP contribution >= 0.6 is 23.2 Å². The molecule has 7 heteroatoms. The molecule has 0 unspecified atom stereocenters. The van der Waals surface area contributed by atoms with Crippen molar-refractivity contribution in [1.29, 1.82) is 0 Å². The van der Waals surface area contributed by atoms with Crippen LogP contribution in [-0.2, 0) is 20.8 Å². The average molecular weight is 429 g/mol. The minimum absolute atomic E-state index is 0.121. The van der Waals surface area contributed by atoms with E-state index in [-0.39, 0.29) is 23.8 Å². The summed E-state index contributed by atoms with van der Waals surface area (Å²) in [5.41, 5.74) is 2.63. The van der Waals surface area contributed by atoms with E-state index in [1.54, 1.807) is 12.1 Å². The van der Waals surface area contributed by atoms with Crippen molar-refractivity contribution in [3.63, 3.8) is 0 Å². The van der Waals surface area contributed by atoms with Crippen LogP contribution in [0.4, 0.5) is 5.69 Å². The molecule has 0 atom stereocenters. The molecule has 0 fully saturated rings. The highest BCUT2D eigenvalue weighted by atomic mass is 35.5. The van der Waals surface area contributed by atoms with Gasteiger partial charge in [0.1, 0.15) is 0 Å². The Kier molecular flexibility index (Phi) is 6.07. The molecule has 5 nitrogen and oxygen atoms in total. The molecule has 0 aromatic heterocycles. The van der Waals surface area contributed by atoms with Crippen LogP contribution in [0.1, 0.15) is 32.3 Å². The molecule has 1 aliphatic heterocycles. The summed E-state index contributed by atoms with van der Waals surface area (Å²) in [6.45, 7) is 3.96. The third kappa shape index (κ3) is 4.34. The van der Waals surface area contributed by atoms with E-state index in [1.165, 1.54) is 0 Å². The first-order chi connectivity index (χ1) is 13.7. The van der Waals surface area contributed by atoms with Crippen LogP contribution in [0.15, 0.2) is 40.5 Å². The number of benzene rings is 1. The number of anilines is 1. The quantitative estimate of drug-likeness (QED) is 0.529. The average Bonchev–Trinajstić information content (AvgIpc) is 2.65. The number of carbonyl (C=O) groups excluding carboxylic acids is 3. The molecule has 1 amide bonds. The number of hydrogen-bond donors (Lipinski definition) is 0. The Labute approximate surface area is 179 Å². The van der Waals surface area contributed by atoms with Gasteiger partial charge in [-0.05, 0) is 40.7 Å².